The number of alkyl halides is 3. The van der Waals surface area contributed by atoms with Gasteiger partial charge in [-0.2, -0.15) is 18.4 Å². The normalized spacial score (nSPS) is 11.3. The highest BCUT2D eigenvalue weighted by atomic mass is 19.4. The Bertz CT molecular complexity index is 981. The van der Waals surface area contributed by atoms with Gasteiger partial charge < -0.3 is 9.88 Å². The number of rotatable bonds is 2. The number of amides is 1. The van der Waals surface area contributed by atoms with Crippen molar-refractivity contribution in [2.45, 2.75) is 6.18 Å². The first kappa shape index (κ1) is 16.6. The first-order valence-electron chi connectivity index (χ1n) is 7.28. The summed E-state index contributed by atoms with van der Waals surface area (Å²) in [6.45, 7) is 0. The van der Waals surface area contributed by atoms with Gasteiger partial charge in [0.25, 0.3) is 5.91 Å². The Hall–Kier alpha value is -3.27. The molecule has 1 amide bonds. The standard InChI is InChI=1S/C18H12F3N3O/c1-24(13-7-5-11(10-22)6-8-13)17(25)15-9-12-3-2-4-14(16(12)23-15)18(19,20)21/h2-9,23H,1H3. The molecule has 3 rings (SSSR count). The highest BCUT2D eigenvalue weighted by Gasteiger charge is 2.33. The molecule has 0 saturated heterocycles. The number of nitriles is 1. The molecule has 0 bridgehead atoms. The van der Waals surface area contributed by atoms with E-state index in [2.05, 4.69) is 4.98 Å². The summed E-state index contributed by atoms with van der Waals surface area (Å²) in [5.74, 6) is -0.478. The monoisotopic (exact) mass is 343 g/mol. The minimum Gasteiger partial charge on any atom is -0.350 e. The number of nitrogens with one attached hydrogen (secondary N) is 1. The molecular weight excluding hydrogens is 331 g/mol. The van der Waals surface area contributed by atoms with Gasteiger partial charge in [0.1, 0.15) is 5.69 Å². The summed E-state index contributed by atoms with van der Waals surface area (Å²) in [6, 6.07) is 13.5. The van der Waals surface area contributed by atoms with E-state index >= 15 is 0 Å². The molecule has 0 saturated carbocycles. The molecule has 25 heavy (non-hydrogen) atoms. The van der Waals surface area contributed by atoms with Crippen molar-refractivity contribution in [3.05, 3.63) is 65.4 Å². The molecule has 0 spiro atoms. The van der Waals surface area contributed by atoms with Crippen LogP contribution in [-0.2, 0) is 6.18 Å². The second-order valence-corrected chi connectivity index (χ2v) is 5.47. The molecule has 3 aromatic rings. The number of benzene rings is 2. The second-order valence-electron chi connectivity index (χ2n) is 5.47. The molecule has 4 nitrogen and oxygen atoms in total. The summed E-state index contributed by atoms with van der Waals surface area (Å²) in [6.07, 6.45) is -4.51. The van der Waals surface area contributed by atoms with Gasteiger partial charge in [-0.05, 0) is 36.4 Å². The Morgan fingerprint density at radius 3 is 2.44 bits per heavy atom. The van der Waals surface area contributed by atoms with Crippen molar-refractivity contribution in [3.63, 3.8) is 0 Å². The van der Waals surface area contributed by atoms with Crippen LogP contribution in [0.2, 0.25) is 0 Å². The van der Waals surface area contributed by atoms with Crippen LogP contribution in [0.1, 0.15) is 21.6 Å². The van der Waals surface area contributed by atoms with Crippen molar-refractivity contribution in [2.24, 2.45) is 0 Å². The zero-order chi connectivity index (χ0) is 18.2. The summed E-state index contributed by atoms with van der Waals surface area (Å²) in [5.41, 5.74) is 0.0962. The van der Waals surface area contributed by atoms with E-state index < -0.39 is 17.6 Å². The summed E-state index contributed by atoms with van der Waals surface area (Å²) in [7, 11) is 1.51. The van der Waals surface area contributed by atoms with E-state index in [1.54, 1.807) is 24.3 Å². The quantitative estimate of drug-likeness (QED) is 0.753. The summed E-state index contributed by atoms with van der Waals surface area (Å²) < 4.78 is 39.2. The smallest absolute Gasteiger partial charge is 0.350 e. The number of carbonyl (C=O) groups excluding carboxylic acids is 1. The molecule has 7 heteroatoms. The predicted octanol–water partition coefficient (Wildman–Crippen LogP) is 4.33. The third kappa shape index (κ3) is 3.06. The van der Waals surface area contributed by atoms with E-state index in [4.69, 9.17) is 5.26 Å². The molecule has 0 radical (unpaired) electrons. The van der Waals surface area contributed by atoms with Gasteiger partial charge in [0.05, 0.1) is 22.7 Å². The Morgan fingerprint density at radius 1 is 1.16 bits per heavy atom. The van der Waals surface area contributed by atoms with Crippen molar-refractivity contribution in [3.8, 4) is 6.07 Å². The van der Waals surface area contributed by atoms with Gasteiger partial charge in [-0.1, -0.05) is 12.1 Å². The zero-order valence-corrected chi connectivity index (χ0v) is 13.1. The van der Waals surface area contributed by atoms with Gasteiger partial charge in [0.15, 0.2) is 0 Å². The number of H-pyrrole nitrogens is 1. The van der Waals surface area contributed by atoms with Crippen LogP contribution in [0.5, 0.6) is 0 Å². The largest absolute Gasteiger partial charge is 0.418 e. The highest BCUT2D eigenvalue weighted by molar-refractivity contribution is 6.07. The Balaban J connectivity index is 1.98. The molecule has 0 fully saturated rings. The average Bonchev–Trinajstić information content (AvgIpc) is 3.03. The molecule has 0 aliphatic heterocycles. The van der Waals surface area contributed by atoms with Gasteiger partial charge in [0.2, 0.25) is 0 Å². The van der Waals surface area contributed by atoms with E-state index in [1.165, 1.54) is 30.1 Å². The van der Waals surface area contributed by atoms with Crippen molar-refractivity contribution in [2.75, 3.05) is 11.9 Å². The fourth-order valence-electron chi connectivity index (χ4n) is 2.57. The number of nitrogens with zero attached hydrogens (tertiary/aromatic N) is 2. The zero-order valence-electron chi connectivity index (χ0n) is 13.1. The van der Waals surface area contributed by atoms with E-state index in [9.17, 15) is 18.0 Å². The molecule has 126 valence electrons. The van der Waals surface area contributed by atoms with Crippen molar-refractivity contribution in [1.29, 1.82) is 5.26 Å². The molecular formula is C18H12F3N3O. The number of anilines is 1. The lowest BCUT2D eigenvalue weighted by atomic mass is 10.1. The van der Waals surface area contributed by atoms with Crippen LogP contribution in [0.15, 0.2) is 48.5 Å². The van der Waals surface area contributed by atoms with Crippen molar-refractivity contribution >= 4 is 22.5 Å². The van der Waals surface area contributed by atoms with Gasteiger partial charge in [-0.15, -0.1) is 0 Å². The maximum Gasteiger partial charge on any atom is 0.418 e. The van der Waals surface area contributed by atoms with Crippen LogP contribution in [0.3, 0.4) is 0 Å². The number of hydrogen-bond acceptors (Lipinski definition) is 2. The second kappa shape index (κ2) is 5.98. The van der Waals surface area contributed by atoms with Crippen LogP contribution in [0.4, 0.5) is 18.9 Å². The summed E-state index contributed by atoms with van der Waals surface area (Å²) in [4.78, 5) is 16.5. The van der Waals surface area contributed by atoms with Gasteiger partial charge in [-0.25, -0.2) is 0 Å². The van der Waals surface area contributed by atoms with E-state index in [1.807, 2.05) is 6.07 Å². The van der Waals surface area contributed by atoms with E-state index in [0.717, 1.165) is 6.07 Å². The molecule has 1 N–H and O–H groups in total. The minimum atomic E-state index is -4.51. The van der Waals surface area contributed by atoms with Gasteiger partial charge >= 0.3 is 6.18 Å². The summed E-state index contributed by atoms with van der Waals surface area (Å²) in [5, 5.41) is 9.11. The molecule has 1 aromatic heterocycles. The third-order valence-electron chi connectivity index (χ3n) is 3.88. The molecule has 2 aromatic carbocycles. The highest BCUT2D eigenvalue weighted by Crippen LogP contribution is 2.34. The Kier molecular flexibility index (Phi) is 3.97. The number of aromatic nitrogens is 1. The van der Waals surface area contributed by atoms with Crippen molar-refractivity contribution < 1.29 is 18.0 Å². The minimum absolute atomic E-state index is 0.0542. The average molecular weight is 343 g/mol. The lowest BCUT2D eigenvalue weighted by molar-refractivity contribution is -0.136. The maximum absolute atomic E-state index is 13.1. The van der Waals surface area contributed by atoms with E-state index in [-0.39, 0.29) is 11.2 Å². The SMILES string of the molecule is CN(C(=O)c1cc2cccc(C(F)(F)F)c2[nH]1)c1ccc(C#N)cc1. The fourth-order valence-corrected chi connectivity index (χ4v) is 2.57. The molecule has 1 heterocycles. The van der Waals surface area contributed by atoms with Crippen LogP contribution in [0.25, 0.3) is 10.9 Å². The number of halogens is 3. The topological polar surface area (TPSA) is 59.9 Å². The molecule has 0 unspecified atom stereocenters. The number of carbonyl (C=O) groups is 1. The van der Waals surface area contributed by atoms with Gasteiger partial charge in [-0.3, -0.25) is 4.79 Å². The number of hydrogen-bond donors (Lipinski definition) is 1. The number of para-hydroxylation sites is 1. The maximum atomic E-state index is 13.1. The van der Waals surface area contributed by atoms with E-state index in [0.29, 0.717) is 16.6 Å². The molecule has 0 aliphatic rings. The van der Waals surface area contributed by atoms with Crippen LogP contribution in [0, 0.1) is 11.3 Å². The number of fused-ring (bicyclic) bond motifs is 1. The Morgan fingerprint density at radius 2 is 1.84 bits per heavy atom. The van der Waals surface area contributed by atoms with Crippen LogP contribution in [-0.4, -0.2) is 17.9 Å². The van der Waals surface area contributed by atoms with Crippen molar-refractivity contribution in [1.82, 2.24) is 4.98 Å². The lowest BCUT2D eigenvalue weighted by Crippen LogP contribution is -2.26. The van der Waals surface area contributed by atoms with Gasteiger partial charge in [0, 0.05) is 18.1 Å². The molecule has 0 aliphatic carbocycles. The lowest BCUT2D eigenvalue weighted by Gasteiger charge is -2.16. The molecule has 0 atom stereocenters. The first-order valence-corrected chi connectivity index (χ1v) is 7.28. The Labute approximate surface area is 141 Å². The first-order chi connectivity index (χ1) is 11.8. The fraction of sp³-hybridized carbons (Fsp3) is 0.111. The predicted molar refractivity (Wildman–Crippen MR) is 87.2 cm³/mol. The third-order valence-corrected chi connectivity index (χ3v) is 3.88. The van der Waals surface area contributed by atoms with Crippen LogP contribution < -0.4 is 4.90 Å². The number of aromatic amines is 1. The van der Waals surface area contributed by atoms with Crippen LogP contribution >= 0.6 is 0 Å². The summed E-state index contributed by atoms with van der Waals surface area (Å²) >= 11 is 0.